The third kappa shape index (κ3) is 20.9. The number of carbonyl (C=O) groups is 4. The van der Waals surface area contributed by atoms with Gasteiger partial charge in [0.1, 0.15) is 71.4 Å². The maximum absolute atomic E-state index is 12.7. The highest BCUT2D eigenvalue weighted by atomic mass is 16.3. The number of piperidine rings is 2. The zero-order valence-corrected chi connectivity index (χ0v) is 61.0. The number of hydrogen-bond acceptors (Lipinski definition) is 32. The molecule has 12 aromatic heterocycles. The third-order valence-corrected chi connectivity index (χ3v) is 17.9. The van der Waals surface area contributed by atoms with Gasteiger partial charge < -0.3 is 40.4 Å². The molecule has 112 heavy (non-hydrogen) atoms. The number of anilines is 8. The lowest BCUT2D eigenvalue weighted by molar-refractivity contribution is 0.101. The van der Waals surface area contributed by atoms with Crippen LogP contribution in [0.25, 0.3) is 46.1 Å². The number of nitrogens with one attached hydrogen (secondary N) is 6. The van der Waals surface area contributed by atoms with Crippen LogP contribution >= 0.6 is 0 Å². The number of amides is 4. The van der Waals surface area contributed by atoms with Gasteiger partial charge in [0.15, 0.2) is 23.3 Å². The summed E-state index contributed by atoms with van der Waals surface area (Å²) in [5.41, 5.74) is 5.46. The highest BCUT2D eigenvalue weighted by Crippen LogP contribution is 2.25. The minimum absolute atomic E-state index is 0.148. The van der Waals surface area contributed by atoms with Gasteiger partial charge in [-0.2, -0.15) is 19.9 Å². The zero-order chi connectivity index (χ0) is 77.4. The fraction of sp³-hybridized carbons (Fsp3) is 0.263. The summed E-state index contributed by atoms with van der Waals surface area (Å²) in [5.74, 6) is 4.22. The number of rotatable bonds is 16. The molecule has 4 saturated heterocycles. The van der Waals surface area contributed by atoms with E-state index in [1.165, 1.54) is 31.5 Å². The predicted octanol–water partition coefficient (Wildman–Crippen LogP) is 5.68. The smallest absolute Gasteiger partial charge is 0.259 e. The molecule has 16 rings (SSSR count). The summed E-state index contributed by atoms with van der Waals surface area (Å²) in [6, 6.07) is 36.1. The molecule has 0 atom stereocenters. The van der Waals surface area contributed by atoms with Crippen LogP contribution in [0.3, 0.4) is 0 Å². The highest BCUT2D eigenvalue weighted by Gasteiger charge is 2.24. The molecule has 12 aromatic rings. The molecule has 568 valence electrons. The van der Waals surface area contributed by atoms with Crippen LogP contribution in [0.4, 0.5) is 47.1 Å². The van der Waals surface area contributed by atoms with E-state index in [1.807, 2.05) is 61.5 Å². The summed E-state index contributed by atoms with van der Waals surface area (Å²) in [7, 11) is 0. The van der Waals surface area contributed by atoms with Crippen LogP contribution in [0.15, 0.2) is 184 Å². The second kappa shape index (κ2) is 37.8. The van der Waals surface area contributed by atoms with E-state index in [-0.39, 0.29) is 59.6 Å². The van der Waals surface area contributed by atoms with Crippen molar-refractivity contribution in [3.63, 3.8) is 0 Å². The lowest BCUT2D eigenvalue weighted by Crippen LogP contribution is -2.44. The standard InChI is InChI=1S/C20H21N7O2.C19H20N8O.C19H19N7O2.C18H18N8O/c1-13-15(5-6-17(24-13)27-10-7-14(28)8-11-27)19(29)26-20-23-12-22-18(25-20)16-4-2-3-9-21-16;1-13-14(5-6-16(24-13)27-10-8-20-9-11-27)18(28)26-19-23-12-22-17(25-19)15-4-2-3-7-21-15;27-14-6-9-26(10-7-14)16-5-4-13(11-21-16)18(28)25-19-23-12-22-17(24-19)15-3-1-2-8-20-15;27-17(13-4-5-15(21-11-13)26-9-7-19-8-10-26)25-18-23-12-22-16(24-18)14-3-1-2-6-20-14/h2-6,9,12,14,28H,7-8,10-11H2,1H3,(H,22,23,25,26,29);2-7,12,20H,8-11H2,1H3,(H,22,23,25,26,28);1-5,8,11-12,14,27H,6-7,9-10H2,(H,22,23,24,25,28);1-6,11-12,19H,7-10H2,(H,22,23,24,25,27). The minimum atomic E-state index is -0.355. The molecule has 0 saturated carbocycles. The van der Waals surface area contributed by atoms with E-state index in [9.17, 15) is 29.4 Å². The number of nitrogens with zero attached hydrogens (tertiary/aromatic N) is 24. The van der Waals surface area contributed by atoms with E-state index < -0.39 is 0 Å². The number of pyridine rings is 8. The fourth-order valence-electron chi connectivity index (χ4n) is 11.9. The van der Waals surface area contributed by atoms with Crippen LogP contribution in [0, 0.1) is 13.8 Å². The van der Waals surface area contributed by atoms with Gasteiger partial charge in [-0.15, -0.1) is 0 Å². The van der Waals surface area contributed by atoms with E-state index >= 15 is 0 Å². The Morgan fingerprint density at radius 1 is 0.330 bits per heavy atom. The number of aliphatic hydroxyl groups is 2. The molecule has 4 amide bonds. The van der Waals surface area contributed by atoms with Gasteiger partial charge in [-0.3, -0.25) is 60.4 Å². The van der Waals surface area contributed by atoms with Gasteiger partial charge in [0.05, 0.1) is 45.8 Å². The van der Waals surface area contributed by atoms with Gasteiger partial charge in [-0.25, -0.2) is 59.8 Å². The largest absolute Gasteiger partial charge is 0.393 e. The third-order valence-electron chi connectivity index (χ3n) is 17.9. The number of aryl methyl sites for hydroxylation is 2. The van der Waals surface area contributed by atoms with Gasteiger partial charge in [0.25, 0.3) is 23.6 Å². The Balaban J connectivity index is 0.000000131. The number of carbonyl (C=O) groups excluding carboxylic acids is 4. The van der Waals surface area contributed by atoms with Crippen molar-refractivity contribution in [3.05, 3.63) is 217 Å². The average Bonchev–Trinajstić information content (AvgIpc) is 0.823. The second-order valence-corrected chi connectivity index (χ2v) is 25.5. The van der Waals surface area contributed by atoms with Crippen LogP contribution in [0.1, 0.15) is 78.5 Å². The van der Waals surface area contributed by atoms with E-state index in [1.54, 1.807) is 105 Å². The Hall–Kier alpha value is -13.8. The molecule has 0 aromatic carbocycles. The first kappa shape index (κ1) is 76.4. The maximum atomic E-state index is 12.7. The molecule has 0 bridgehead atoms. The first-order chi connectivity index (χ1) is 54.8. The Bertz CT molecular complexity index is 5110. The Morgan fingerprint density at radius 3 is 0.920 bits per heavy atom. The van der Waals surface area contributed by atoms with Gasteiger partial charge in [0.2, 0.25) is 23.8 Å². The molecular formula is C76H78N30O6. The fourth-order valence-corrected chi connectivity index (χ4v) is 11.9. The maximum Gasteiger partial charge on any atom is 0.259 e. The van der Waals surface area contributed by atoms with Crippen LogP contribution < -0.4 is 51.5 Å². The number of piperazine rings is 2. The first-order valence-electron chi connectivity index (χ1n) is 36.1. The van der Waals surface area contributed by atoms with Crippen LogP contribution in [-0.4, -0.2) is 224 Å². The molecule has 8 N–H and O–H groups in total. The molecule has 4 fully saturated rings. The van der Waals surface area contributed by atoms with E-state index in [0.717, 1.165) is 127 Å². The van der Waals surface area contributed by atoms with Crippen molar-refractivity contribution in [2.24, 2.45) is 0 Å². The Kier molecular flexibility index (Phi) is 25.8. The summed E-state index contributed by atoms with van der Waals surface area (Å²) in [4.78, 5) is 143. The van der Waals surface area contributed by atoms with Gasteiger partial charge in [0, 0.05) is 116 Å². The Labute approximate surface area is 642 Å². The molecule has 36 nitrogen and oxygen atoms in total. The number of hydrogen-bond donors (Lipinski definition) is 8. The summed E-state index contributed by atoms with van der Waals surface area (Å²) in [6.07, 6.45) is 17.5. The van der Waals surface area contributed by atoms with E-state index in [0.29, 0.717) is 79.7 Å². The predicted molar refractivity (Wildman–Crippen MR) is 416 cm³/mol. The van der Waals surface area contributed by atoms with Crippen molar-refractivity contribution in [1.82, 2.24) is 110 Å². The Morgan fingerprint density at radius 2 is 0.625 bits per heavy atom. The highest BCUT2D eigenvalue weighted by molar-refractivity contribution is 6.06. The van der Waals surface area contributed by atoms with E-state index in [4.69, 9.17) is 0 Å². The second-order valence-electron chi connectivity index (χ2n) is 25.5. The number of aliphatic hydroxyl groups excluding tert-OH is 2. The lowest BCUT2D eigenvalue weighted by Gasteiger charge is -2.30. The van der Waals surface area contributed by atoms with Gasteiger partial charge in [-0.05, 0) is 137 Å². The molecule has 0 aliphatic carbocycles. The molecule has 36 heteroatoms. The van der Waals surface area contributed by atoms with Crippen LogP contribution in [0.5, 0.6) is 0 Å². The van der Waals surface area contributed by atoms with Crippen molar-refractivity contribution >= 4 is 70.7 Å². The number of aromatic nitrogens is 20. The first-order valence-corrected chi connectivity index (χ1v) is 36.1. The average molecular weight is 1510 g/mol. The topological polar surface area (TPSA) is 452 Å². The van der Waals surface area contributed by atoms with Crippen molar-refractivity contribution in [1.29, 1.82) is 0 Å². The SMILES string of the molecule is Cc1nc(N2CCC(O)CC2)ccc1C(=O)Nc1ncnc(-c2ccccn2)n1.Cc1nc(N2CCNCC2)ccc1C(=O)Nc1ncnc(-c2ccccn2)n1.O=C(Nc1ncnc(-c2ccccn2)n1)c1ccc(N2CCC(O)CC2)nc1.O=C(Nc1ncnc(-c2ccccn2)n1)c1ccc(N2CCNCC2)nc1. The van der Waals surface area contributed by atoms with Crippen LogP contribution in [0.2, 0.25) is 0 Å². The van der Waals surface area contributed by atoms with Crippen LogP contribution in [-0.2, 0) is 0 Å². The summed E-state index contributed by atoms with van der Waals surface area (Å²) < 4.78 is 0. The molecular weight excluding hydrogens is 1430 g/mol. The summed E-state index contributed by atoms with van der Waals surface area (Å²) in [5, 5.41) is 36.6. The van der Waals surface area contributed by atoms with Gasteiger partial charge in [-0.1, -0.05) is 24.3 Å². The molecule has 4 aliphatic heterocycles. The zero-order valence-electron chi connectivity index (χ0n) is 61.0. The molecule has 0 radical (unpaired) electrons. The monoisotopic (exact) mass is 1510 g/mol. The molecule has 4 aliphatic rings. The summed E-state index contributed by atoms with van der Waals surface area (Å²) >= 11 is 0. The summed E-state index contributed by atoms with van der Waals surface area (Å²) in [6.45, 7) is 14.0. The molecule has 0 spiro atoms. The van der Waals surface area contributed by atoms with E-state index in [2.05, 4.69) is 151 Å². The normalized spacial score (nSPS) is 14.3. The lowest BCUT2D eigenvalue weighted by atomic mass is 10.1. The minimum Gasteiger partial charge on any atom is -0.393 e. The molecule has 0 unspecified atom stereocenters. The van der Waals surface area contributed by atoms with Crippen molar-refractivity contribution in [2.75, 3.05) is 119 Å². The quantitative estimate of drug-likeness (QED) is 0.0576. The van der Waals surface area contributed by atoms with Gasteiger partial charge >= 0.3 is 0 Å². The van der Waals surface area contributed by atoms with Crippen molar-refractivity contribution in [3.8, 4) is 46.1 Å². The molecule has 16 heterocycles. The van der Waals surface area contributed by atoms with Crippen molar-refractivity contribution in [2.45, 2.75) is 51.7 Å². The van der Waals surface area contributed by atoms with Crippen molar-refractivity contribution < 1.29 is 29.4 Å².